The van der Waals surface area contributed by atoms with Gasteiger partial charge in [-0.05, 0) is 17.5 Å². The normalized spacial score (nSPS) is 10.8. The first-order valence-corrected chi connectivity index (χ1v) is 5.32. The summed E-state index contributed by atoms with van der Waals surface area (Å²) < 4.78 is 9.65. The summed E-state index contributed by atoms with van der Waals surface area (Å²) in [6.45, 7) is 5.89. The van der Waals surface area contributed by atoms with Crippen LogP contribution in [0.2, 0.25) is 0 Å². The van der Waals surface area contributed by atoms with E-state index in [0.717, 1.165) is 0 Å². The molecule has 17 heavy (non-hydrogen) atoms. The molecule has 0 fully saturated rings. The lowest BCUT2D eigenvalue weighted by atomic mass is 9.99. The third-order valence-electron chi connectivity index (χ3n) is 1.76. The van der Waals surface area contributed by atoms with Gasteiger partial charge >= 0.3 is 11.9 Å². The maximum atomic E-state index is 11.3. The molecule has 0 aliphatic heterocycles. The summed E-state index contributed by atoms with van der Waals surface area (Å²) in [6, 6.07) is 8.39. The number of carbonyl (C=O) groups is 2. The van der Waals surface area contributed by atoms with Crippen molar-refractivity contribution in [2.75, 3.05) is 6.61 Å². The van der Waals surface area contributed by atoms with Crippen LogP contribution in [0.3, 0.4) is 0 Å². The average Bonchev–Trinajstić information content (AvgIpc) is 2.26. The van der Waals surface area contributed by atoms with Crippen molar-refractivity contribution in [2.24, 2.45) is 5.41 Å². The molecule has 0 saturated carbocycles. The van der Waals surface area contributed by atoms with E-state index in [1.807, 2.05) is 20.8 Å². The Labute approximate surface area is 101 Å². The van der Waals surface area contributed by atoms with Gasteiger partial charge in [-0.2, -0.15) is 0 Å². The molecule has 0 aliphatic carbocycles. The highest BCUT2D eigenvalue weighted by atomic mass is 16.6. The molecule has 0 unspecified atom stereocenters. The first-order valence-electron chi connectivity index (χ1n) is 5.32. The highest BCUT2D eigenvalue weighted by molar-refractivity contribution is 6.30. The van der Waals surface area contributed by atoms with E-state index >= 15 is 0 Å². The minimum Gasteiger partial charge on any atom is -0.457 e. The van der Waals surface area contributed by atoms with Crippen molar-refractivity contribution in [3.8, 4) is 5.75 Å². The summed E-state index contributed by atoms with van der Waals surface area (Å²) in [5, 5.41) is 0. The maximum Gasteiger partial charge on any atom is 0.422 e. The van der Waals surface area contributed by atoms with Crippen LogP contribution >= 0.6 is 0 Å². The van der Waals surface area contributed by atoms with E-state index in [2.05, 4.69) is 0 Å². The fourth-order valence-corrected chi connectivity index (χ4v) is 0.978. The number of esters is 2. The number of benzene rings is 1. The quantitative estimate of drug-likeness (QED) is 0.448. The highest BCUT2D eigenvalue weighted by Gasteiger charge is 2.21. The van der Waals surface area contributed by atoms with Crippen molar-refractivity contribution < 1.29 is 19.1 Å². The number of rotatable bonds is 2. The van der Waals surface area contributed by atoms with E-state index in [0.29, 0.717) is 5.75 Å². The van der Waals surface area contributed by atoms with Gasteiger partial charge in [-0.1, -0.05) is 39.0 Å². The molecular formula is C13H16O4. The SMILES string of the molecule is CC(C)(C)COC(=O)C(=O)Oc1ccccc1. The Morgan fingerprint density at radius 3 is 2.18 bits per heavy atom. The summed E-state index contributed by atoms with van der Waals surface area (Å²) in [7, 11) is 0. The maximum absolute atomic E-state index is 11.3. The molecule has 0 spiro atoms. The molecule has 0 N–H and O–H groups in total. The zero-order chi connectivity index (χ0) is 12.9. The van der Waals surface area contributed by atoms with E-state index in [1.54, 1.807) is 30.3 Å². The largest absolute Gasteiger partial charge is 0.457 e. The van der Waals surface area contributed by atoms with E-state index in [-0.39, 0.29) is 12.0 Å². The summed E-state index contributed by atoms with van der Waals surface area (Å²) in [5.41, 5.74) is -0.178. The Morgan fingerprint density at radius 2 is 1.65 bits per heavy atom. The van der Waals surface area contributed by atoms with Gasteiger partial charge in [0.2, 0.25) is 0 Å². The van der Waals surface area contributed by atoms with Gasteiger partial charge in [0.05, 0.1) is 6.61 Å². The third kappa shape index (κ3) is 5.15. The fraction of sp³-hybridized carbons (Fsp3) is 0.385. The molecule has 0 amide bonds. The zero-order valence-electron chi connectivity index (χ0n) is 10.2. The molecule has 0 atom stereocenters. The summed E-state index contributed by atoms with van der Waals surface area (Å²) in [5.74, 6) is -1.64. The Bertz CT molecular complexity index is 390. The molecule has 0 saturated heterocycles. The van der Waals surface area contributed by atoms with Gasteiger partial charge in [-0.15, -0.1) is 0 Å². The molecule has 0 radical (unpaired) electrons. The van der Waals surface area contributed by atoms with Crippen molar-refractivity contribution >= 4 is 11.9 Å². The minimum absolute atomic E-state index is 0.176. The molecular weight excluding hydrogens is 220 g/mol. The highest BCUT2D eigenvalue weighted by Crippen LogP contribution is 2.13. The van der Waals surface area contributed by atoms with Gasteiger partial charge in [-0.3, -0.25) is 0 Å². The Balaban J connectivity index is 2.46. The number of para-hydroxylation sites is 1. The number of hydrogen-bond acceptors (Lipinski definition) is 4. The monoisotopic (exact) mass is 236 g/mol. The first-order chi connectivity index (χ1) is 7.88. The van der Waals surface area contributed by atoms with Crippen LogP contribution in [-0.2, 0) is 14.3 Å². The van der Waals surface area contributed by atoms with Crippen LogP contribution in [0.4, 0.5) is 0 Å². The third-order valence-corrected chi connectivity index (χ3v) is 1.76. The number of hydrogen-bond donors (Lipinski definition) is 0. The van der Waals surface area contributed by atoms with Gasteiger partial charge in [0.1, 0.15) is 5.75 Å². The summed E-state index contributed by atoms with van der Waals surface area (Å²) in [4.78, 5) is 22.6. The van der Waals surface area contributed by atoms with Gasteiger partial charge in [0.25, 0.3) is 0 Å². The second-order valence-corrected chi connectivity index (χ2v) is 4.84. The molecule has 4 heteroatoms. The number of carbonyl (C=O) groups excluding carboxylic acids is 2. The van der Waals surface area contributed by atoms with Crippen LogP contribution in [-0.4, -0.2) is 18.5 Å². The summed E-state index contributed by atoms with van der Waals surface area (Å²) >= 11 is 0. The Kier molecular flexibility index (Phi) is 4.26. The molecule has 4 nitrogen and oxygen atoms in total. The van der Waals surface area contributed by atoms with Crippen LogP contribution in [0.15, 0.2) is 30.3 Å². The lowest BCUT2D eigenvalue weighted by molar-refractivity contribution is -0.163. The second kappa shape index (κ2) is 5.48. The Hall–Kier alpha value is -1.84. The average molecular weight is 236 g/mol. The molecule has 92 valence electrons. The summed E-state index contributed by atoms with van der Waals surface area (Å²) in [6.07, 6.45) is 0. The second-order valence-electron chi connectivity index (χ2n) is 4.84. The van der Waals surface area contributed by atoms with E-state index in [4.69, 9.17) is 9.47 Å². The standard InChI is InChI=1S/C13H16O4/c1-13(2,3)9-16-11(14)12(15)17-10-7-5-4-6-8-10/h4-8H,9H2,1-3H3. The van der Waals surface area contributed by atoms with E-state index < -0.39 is 11.9 Å². The molecule has 0 bridgehead atoms. The van der Waals surface area contributed by atoms with Crippen molar-refractivity contribution in [1.29, 1.82) is 0 Å². The van der Waals surface area contributed by atoms with Crippen LogP contribution < -0.4 is 4.74 Å². The Morgan fingerprint density at radius 1 is 1.06 bits per heavy atom. The van der Waals surface area contributed by atoms with Gasteiger partial charge < -0.3 is 9.47 Å². The van der Waals surface area contributed by atoms with Crippen molar-refractivity contribution in [1.82, 2.24) is 0 Å². The lowest BCUT2D eigenvalue weighted by Gasteiger charge is -2.17. The van der Waals surface area contributed by atoms with Crippen molar-refractivity contribution in [3.63, 3.8) is 0 Å². The predicted octanol–water partition coefficient (Wildman–Crippen LogP) is 2.18. The zero-order valence-corrected chi connectivity index (χ0v) is 10.2. The van der Waals surface area contributed by atoms with Crippen LogP contribution in [0.5, 0.6) is 5.75 Å². The molecule has 1 aromatic rings. The molecule has 1 aromatic carbocycles. The molecule has 0 aromatic heterocycles. The molecule has 0 heterocycles. The lowest BCUT2D eigenvalue weighted by Crippen LogP contribution is -2.27. The smallest absolute Gasteiger partial charge is 0.422 e. The van der Waals surface area contributed by atoms with E-state index in [9.17, 15) is 9.59 Å². The van der Waals surface area contributed by atoms with Crippen molar-refractivity contribution in [3.05, 3.63) is 30.3 Å². The first kappa shape index (κ1) is 13.2. The topological polar surface area (TPSA) is 52.6 Å². The van der Waals surface area contributed by atoms with E-state index in [1.165, 1.54) is 0 Å². The van der Waals surface area contributed by atoms with Crippen LogP contribution in [0.25, 0.3) is 0 Å². The minimum atomic E-state index is -1.000. The van der Waals surface area contributed by atoms with Gasteiger partial charge in [0.15, 0.2) is 0 Å². The van der Waals surface area contributed by atoms with Gasteiger partial charge in [0, 0.05) is 0 Å². The molecule has 1 rings (SSSR count). The molecule has 0 aliphatic rings. The fourth-order valence-electron chi connectivity index (χ4n) is 0.978. The van der Waals surface area contributed by atoms with Crippen LogP contribution in [0, 0.1) is 5.41 Å². The number of ether oxygens (including phenoxy) is 2. The van der Waals surface area contributed by atoms with Crippen LogP contribution in [0.1, 0.15) is 20.8 Å². The van der Waals surface area contributed by atoms with Crippen molar-refractivity contribution in [2.45, 2.75) is 20.8 Å². The predicted molar refractivity (Wildman–Crippen MR) is 62.5 cm³/mol. The van der Waals surface area contributed by atoms with Gasteiger partial charge in [-0.25, -0.2) is 9.59 Å².